The molecule has 2 heterocycles. The molecule has 2 aromatic rings. The number of nitrogens with one attached hydrogen (secondary N) is 1. The highest BCUT2D eigenvalue weighted by Gasteiger charge is 2.80. The Morgan fingerprint density at radius 2 is 1.78 bits per heavy atom. The van der Waals surface area contributed by atoms with Crippen LogP contribution in [-0.4, -0.2) is 5.90 Å². The monoisotopic (exact) mass is 532 g/mol. The van der Waals surface area contributed by atoms with Crippen molar-refractivity contribution in [1.82, 2.24) is 0 Å². The van der Waals surface area contributed by atoms with E-state index in [4.69, 9.17) is 38.1 Å². The molecular weight excluding hydrogens is 522 g/mol. The lowest BCUT2D eigenvalue weighted by Crippen LogP contribution is -2.57. The van der Waals surface area contributed by atoms with E-state index in [0.29, 0.717) is 9.50 Å². The minimum absolute atomic E-state index is 0.126. The van der Waals surface area contributed by atoms with Crippen LogP contribution in [0.3, 0.4) is 0 Å². The van der Waals surface area contributed by atoms with Crippen molar-refractivity contribution in [3.05, 3.63) is 67.9 Å². The SMILES string of the molecule is CC1C2(c3ccc(Cl)cc3Cl)OC(=N)C1(C#N)C(C#N)(C#N)C(c1cc(Br)ccc1F)O2. The molecule has 0 radical (unpaired) electrons. The van der Waals surface area contributed by atoms with E-state index in [2.05, 4.69) is 15.9 Å². The Morgan fingerprint density at radius 1 is 1.09 bits per heavy atom. The number of hydrogen-bond acceptors (Lipinski definition) is 6. The zero-order valence-electron chi connectivity index (χ0n) is 16.3. The van der Waals surface area contributed by atoms with Gasteiger partial charge in [-0.15, -0.1) is 0 Å². The fourth-order valence-corrected chi connectivity index (χ4v) is 5.53. The fourth-order valence-electron chi connectivity index (χ4n) is 4.61. The number of hydrogen-bond donors (Lipinski definition) is 1. The van der Waals surface area contributed by atoms with Gasteiger partial charge in [-0.2, -0.15) is 15.8 Å². The normalized spacial score (nSPS) is 30.0. The Bertz CT molecular complexity index is 1290. The average Bonchev–Trinajstić information content (AvgIpc) is 2.92. The van der Waals surface area contributed by atoms with Crippen molar-refractivity contribution >= 4 is 45.0 Å². The zero-order chi connectivity index (χ0) is 23.5. The van der Waals surface area contributed by atoms with E-state index in [9.17, 15) is 20.2 Å². The smallest absolute Gasteiger partial charge is 0.245 e. The molecule has 2 saturated heterocycles. The van der Waals surface area contributed by atoms with Gasteiger partial charge >= 0.3 is 0 Å². The number of benzene rings is 2. The molecule has 2 aromatic carbocycles. The van der Waals surface area contributed by atoms with Gasteiger partial charge in [0.1, 0.15) is 11.9 Å². The van der Waals surface area contributed by atoms with Gasteiger partial charge in [-0.1, -0.05) is 46.1 Å². The van der Waals surface area contributed by atoms with Gasteiger partial charge in [0.05, 0.1) is 29.1 Å². The second-order valence-electron chi connectivity index (χ2n) is 7.56. The van der Waals surface area contributed by atoms with Crippen LogP contribution in [0.15, 0.2) is 40.9 Å². The quantitative estimate of drug-likeness (QED) is 0.508. The van der Waals surface area contributed by atoms with Crippen LogP contribution in [0.2, 0.25) is 10.0 Å². The lowest BCUT2D eigenvalue weighted by Gasteiger charge is -2.49. The number of nitriles is 3. The van der Waals surface area contributed by atoms with Crippen LogP contribution in [0.25, 0.3) is 0 Å². The molecule has 32 heavy (non-hydrogen) atoms. The minimum Gasteiger partial charge on any atom is -0.443 e. The van der Waals surface area contributed by atoms with Gasteiger partial charge in [0, 0.05) is 20.6 Å². The summed E-state index contributed by atoms with van der Waals surface area (Å²) in [6.07, 6.45) is -1.58. The van der Waals surface area contributed by atoms with Gasteiger partial charge in [-0.05, 0) is 36.4 Å². The largest absolute Gasteiger partial charge is 0.443 e. The third-order valence-electron chi connectivity index (χ3n) is 6.22. The number of ether oxygens (including phenoxy) is 2. The Morgan fingerprint density at radius 3 is 2.38 bits per heavy atom. The summed E-state index contributed by atoms with van der Waals surface area (Å²) in [5.74, 6) is -4.25. The summed E-state index contributed by atoms with van der Waals surface area (Å²) in [7, 11) is 0. The highest BCUT2D eigenvalue weighted by atomic mass is 79.9. The van der Waals surface area contributed by atoms with E-state index in [1.54, 1.807) is 0 Å². The van der Waals surface area contributed by atoms with Crippen LogP contribution in [0.5, 0.6) is 0 Å². The first-order valence-corrected chi connectivity index (χ1v) is 10.8. The van der Waals surface area contributed by atoms with Crippen molar-refractivity contribution in [2.45, 2.75) is 18.8 Å². The molecule has 10 heteroatoms. The molecule has 4 rings (SSSR count). The highest BCUT2D eigenvalue weighted by molar-refractivity contribution is 9.10. The number of fused-ring (bicyclic) bond motifs is 2. The molecule has 0 saturated carbocycles. The second kappa shape index (κ2) is 7.44. The van der Waals surface area contributed by atoms with E-state index in [-0.39, 0.29) is 16.1 Å². The number of nitrogens with zero attached hydrogens (tertiary/aromatic N) is 3. The number of halogens is 4. The standard InChI is InChI=1S/C22H12BrCl2FN4O2/c1-11-21(10-29)19(30)32-22(11,15-4-3-13(24)7-16(15)25)31-18(20(21,8-27)9-28)14-6-12(23)2-5-17(14)26/h2-7,11,18,30H,1H3. The lowest BCUT2D eigenvalue weighted by atomic mass is 9.53. The van der Waals surface area contributed by atoms with Crippen molar-refractivity contribution < 1.29 is 13.9 Å². The Hall–Kier alpha value is -2.67. The summed E-state index contributed by atoms with van der Waals surface area (Å²) < 4.78 is 27.5. The van der Waals surface area contributed by atoms with E-state index in [1.165, 1.54) is 37.3 Å². The fraction of sp³-hybridized carbons (Fsp3) is 0.273. The van der Waals surface area contributed by atoms with Crippen molar-refractivity contribution in [2.75, 3.05) is 0 Å². The van der Waals surface area contributed by atoms with Crippen LogP contribution < -0.4 is 0 Å². The summed E-state index contributed by atoms with van der Waals surface area (Å²) in [6.45, 7) is 1.53. The van der Waals surface area contributed by atoms with Crippen LogP contribution in [0, 0.1) is 62.0 Å². The summed E-state index contributed by atoms with van der Waals surface area (Å²) in [5.41, 5.74) is -4.26. The van der Waals surface area contributed by atoms with E-state index < -0.39 is 40.4 Å². The molecule has 0 amide bonds. The van der Waals surface area contributed by atoms with Gasteiger partial charge in [-0.25, -0.2) is 4.39 Å². The van der Waals surface area contributed by atoms with Gasteiger partial charge in [0.15, 0.2) is 5.41 Å². The predicted molar refractivity (Wildman–Crippen MR) is 116 cm³/mol. The molecule has 4 unspecified atom stereocenters. The highest BCUT2D eigenvalue weighted by Crippen LogP contribution is 2.69. The molecule has 0 aliphatic carbocycles. The molecule has 4 atom stereocenters. The third kappa shape index (κ3) is 2.60. The molecule has 0 spiro atoms. The lowest BCUT2D eigenvalue weighted by molar-refractivity contribution is -0.289. The van der Waals surface area contributed by atoms with E-state index in [0.717, 1.165) is 6.07 Å². The Kier molecular flexibility index (Phi) is 5.24. The summed E-state index contributed by atoms with van der Waals surface area (Å²) in [4.78, 5) is 0. The van der Waals surface area contributed by atoms with Crippen molar-refractivity contribution in [2.24, 2.45) is 16.7 Å². The van der Waals surface area contributed by atoms with E-state index >= 15 is 0 Å². The average molecular weight is 534 g/mol. The third-order valence-corrected chi connectivity index (χ3v) is 7.26. The first-order chi connectivity index (χ1) is 15.1. The van der Waals surface area contributed by atoms with Gasteiger partial charge < -0.3 is 9.47 Å². The van der Waals surface area contributed by atoms with Gasteiger partial charge in [-0.3, -0.25) is 5.41 Å². The van der Waals surface area contributed by atoms with Crippen LogP contribution in [0.1, 0.15) is 24.2 Å². The maximum atomic E-state index is 15.0. The molecule has 6 nitrogen and oxygen atoms in total. The zero-order valence-corrected chi connectivity index (χ0v) is 19.4. The molecule has 1 N–H and O–H groups in total. The molecule has 2 aliphatic heterocycles. The van der Waals surface area contributed by atoms with Gasteiger partial charge in [0.2, 0.25) is 17.1 Å². The first kappa shape index (κ1) is 22.5. The molecule has 2 bridgehead atoms. The van der Waals surface area contributed by atoms with Gasteiger partial charge in [0.25, 0.3) is 0 Å². The molecule has 160 valence electrons. The van der Waals surface area contributed by atoms with E-state index in [1.807, 2.05) is 18.2 Å². The van der Waals surface area contributed by atoms with Crippen molar-refractivity contribution in [3.8, 4) is 18.2 Å². The summed E-state index contributed by atoms with van der Waals surface area (Å²) in [6, 6.07) is 14.2. The maximum Gasteiger partial charge on any atom is 0.245 e. The maximum absolute atomic E-state index is 15.0. The summed E-state index contributed by atoms with van der Waals surface area (Å²) in [5, 5.41) is 39.7. The topological polar surface area (TPSA) is 114 Å². The Balaban J connectivity index is 2.10. The van der Waals surface area contributed by atoms with Crippen molar-refractivity contribution in [3.63, 3.8) is 0 Å². The first-order valence-electron chi connectivity index (χ1n) is 9.23. The molecule has 2 fully saturated rings. The molecule has 2 aliphatic rings. The summed E-state index contributed by atoms with van der Waals surface area (Å²) >= 11 is 15.7. The molecule has 0 aromatic heterocycles. The predicted octanol–water partition coefficient (Wildman–Crippen LogP) is 6.01. The van der Waals surface area contributed by atoms with Crippen LogP contribution in [0.4, 0.5) is 4.39 Å². The van der Waals surface area contributed by atoms with Crippen LogP contribution >= 0.6 is 39.1 Å². The molecular formula is C22H12BrCl2FN4O2. The Labute approximate surface area is 201 Å². The number of rotatable bonds is 2. The van der Waals surface area contributed by atoms with Crippen LogP contribution in [-0.2, 0) is 15.3 Å². The second-order valence-corrected chi connectivity index (χ2v) is 9.32. The van der Waals surface area contributed by atoms with Crippen molar-refractivity contribution in [1.29, 1.82) is 21.2 Å². The minimum atomic E-state index is -2.29.